The highest BCUT2D eigenvalue weighted by molar-refractivity contribution is 7.17. The molecule has 1 aliphatic rings. The Hall–Kier alpha value is -1.42. The molecule has 4 heteroatoms. The zero-order valence-electron chi connectivity index (χ0n) is 11.5. The average Bonchev–Trinajstić information content (AvgIpc) is 3.09. The smallest absolute Gasteiger partial charge is 0.254 e. The minimum Gasteiger partial charge on any atom is -0.349 e. The maximum Gasteiger partial charge on any atom is 0.254 e. The van der Waals surface area contributed by atoms with Crippen LogP contribution in [0.4, 0.5) is 0 Å². The van der Waals surface area contributed by atoms with E-state index < -0.39 is 0 Å². The number of fused-ring (bicyclic) bond motifs is 1. The summed E-state index contributed by atoms with van der Waals surface area (Å²) in [6.07, 6.45) is 2.48. The molecule has 0 aromatic carbocycles. The second-order valence-corrected chi connectivity index (χ2v) is 6.39. The number of rotatable bonds is 3. The molecule has 1 saturated carbocycles. The predicted octanol–water partition coefficient (Wildman–Crippen LogP) is 3.44. The van der Waals surface area contributed by atoms with Gasteiger partial charge in [-0.25, -0.2) is 0 Å². The van der Waals surface area contributed by atoms with E-state index in [0.29, 0.717) is 5.92 Å². The molecule has 19 heavy (non-hydrogen) atoms. The molecule has 1 unspecified atom stereocenters. The topological polar surface area (TPSA) is 42.0 Å². The molecule has 1 atom stereocenters. The van der Waals surface area contributed by atoms with Crippen molar-refractivity contribution in [2.75, 3.05) is 0 Å². The van der Waals surface area contributed by atoms with Crippen LogP contribution in [0, 0.1) is 19.8 Å². The van der Waals surface area contributed by atoms with Crippen molar-refractivity contribution in [2.45, 2.75) is 39.7 Å². The Labute approximate surface area is 117 Å². The van der Waals surface area contributed by atoms with Gasteiger partial charge >= 0.3 is 0 Å². The summed E-state index contributed by atoms with van der Waals surface area (Å²) in [5.74, 6) is 0.688. The Balaban J connectivity index is 1.93. The van der Waals surface area contributed by atoms with E-state index >= 15 is 0 Å². The van der Waals surface area contributed by atoms with Crippen molar-refractivity contribution in [1.29, 1.82) is 0 Å². The molecule has 2 aromatic rings. The summed E-state index contributed by atoms with van der Waals surface area (Å²) in [6.45, 7) is 6.13. The highest BCUT2D eigenvalue weighted by atomic mass is 32.1. The quantitative estimate of drug-likeness (QED) is 0.931. The van der Waals surface area contributed by atoms with Gasteiger partial charge < -0.3 is 5.32 Å². The number of nitrogens with one attached hydrogen (secondary N) is 1. The van der Waals surface area contributed by atoms with Crippen molar-refractivity contribution in [3.8, 4) is 0 Å². The van der Waals surface area contributed by atoms with Crippen molar-refractivity contribution >= 4 is 27.5 Å². The number of hydrogen-bond acceptors (Lipinski definition) is 3. The van der Waals surface area contributed by atoms with Crippen LogP contribution in [0.25, 0.3) is 10.2 Å². The summed E-state index contributed by atoms with van der Waals surface area (Å²) < 4.78 is 1.12. The lowest BCUT2D eigenvalue weighted by Gasteiger charge is -2.12. The minimum atomic E-state index is 0.0168. The number of carbonyl (C=O) groups is 1. The molecule has 0 aliphatic heterocycles. The highest BCUT2D eigenvalue weighted by Gasteiger charge is 2.29. The molecular formula is C15H18N2OS. The van der Waals surface area contributed by atoms with Crippen LogP contribution in [0.5, 0.6) is 0 Å². The number of aryl methyl sites for hydroxylation is 2. The van der Waals surface area contributed by atoms with Gasteiger partial charge in [-0.15, -0.1) is 11.3 Å². The molecule has 2 aromatic heterocycles. The fraction of sp³-hybridized carbons (Fsp3) is 0.467. The van der Waals surface area contributed by atoms with E-state index in [0.717, 1.165) is 21.5 Å². The van der Waals surface area contributed by atoms with Crippen LogP contribution in [-0.2, 0) is 0 Å². The zero-order chi connectivity index (χ0) is 13.6. The third kappa shape index (κ3) is 2.37. The summed E-state index contributed by atoms with van der Waals surface area (Å²) in [7, 11) is 0. The summed E-state index contributed by atoms with van der Waals surface area (Å²) in [6, 6.07) is 2.33. The summed E-state index contributed by atoms with van der Waals surface area (Å²) in [5, 5.41) is 5.03. The van der Waals surface area contributed by atoms with Gasteiger partial charge in [-0.3, -0.25) is 9.78 Å². The van der Waals surface area contributed by atoms with Crippen LogP contribution in [0.3, 0.4) is 0 Å². The van der Waals surface area contributed by atoms with E-state index in [4.69, 9.17) is 0 Å². The zero-order valence-corrected chi connectivity index (χ0v) is 12.3. The summed E-state index contributed by atoms with van der Waals surface area (Å²) >= 11 is 1.61. The normalized spacial score (nSPS) is 16.6. The lowest BCUT2D eigenvalue weighted by Crippen LogP contribution is -2.33. The first-order chi connectivity index (χ1) is 9.06. The first kappa shape index (κ1) is 12.6. The van der Waals surface area contributed by atoms with Crippen LogP contribution in [0.2, 0.25) is 0 Å². The van der Waals surface area contributed by atoms with Crippen molar-refractivity contribution in [3.05, 3.63) is 28.3 Å². The lowest BCUT2D eigenvalue weighted by molar-refractivity contribution is 0.0938. The predicted molar refractivity (Wildman–Crippen MR) is 78.7 cm³/mol. The van der Waals surface area contributed by atoms with Crippen LogP contribution in [0.1, 0.15) is 41.4 Å². The second-order valence-electron chi connectivity index (χ2n) is 5.51. The van der Waals surface area contributed by atoms with Gasteiger partial charge in [0.05, 0.1) is 15.8 Å². The van der Waals surface area contributed by atoms with Crippen LogP contribution in [-0.4, -0.2) is 16.9 Å². The molecule has 2 heterocycles. The van der Waals surface area contributed by atoms with E-state index in [1.807, 2.05) is 12.3 Å². The van der Waals surface area contributed by atoms with Gasteiger partial charge in [0.2, 0.25) is 0 Å². The minimum absolute atomic E-state index is 0.0168. The Kier molecular flexibility index (Phi) is 3.05. The Morgan fingerprint density at radius 1 is 1.47 bits per heavy atom. The van der Waals surface area contributed by atoms with Gasteiger partial charge in [-0.2, -0.15) is 0 Å². The van der Waals surface area contributed by atoms with Gasteiger partial charge in [0, 0.05) is 17.1 Å². The Morgan fingerprint density at radius 3 is 2.89 bits per heavy atom. The van der Waals surface area contributed by atoms with E-state index in [1.54, 1.807) is 11.3 Å². The molecule has 1 amide bonds. The summed E-state index contributed by atoms with van der Waals surface area (Å²) in [4.78, 5) is 16.9. The molecule has 0 radical (unpaired) electrons. The maximum atomic E-state index is 12.3. The number of carbonyl (C=O) groups excluding carboxylic acids is 1. The number of thiophene rings is 1. The van der Waals surface area contributed by atoms with Crippen LogP contribution < -0.4 is 5.32 Å². The first-order valence-corrected chi connectivity index (χ1v) is 7.60. The third-order valence-corrected chi connectivity index (χ3v) is 4.87. The monoisotopic (exact) mass is 274 g/mol. The fourth-order valence-corrected chi connectivity index (χ4v) is 3.46. The van der Waals surface area contributed by atoms with E-state index in [2.05, 4.69) is 30.2 Å². The van der Waals surface area contributed by atoms with Gasteiger partial charge in [0.15, 0.2) is 0 Å². The lowest BCUT2D eigenvalue weighted by atomic mass is 10.1. The second kappa shape index (κ2) is 4.60. The summed E-state index contributed by atoms with van der Waals surface area (Å²) in [5.41, 5.74) is 3.73. The Bertz CT molecular complexity index is 643. The van der Waals surface area contributed by atoms with Crippen LogP contribution >= 0.6 is 11.3 Å². The number of pyridine rings is 1. The molecule has 0 spiro atoms. The van der Waals surface area contributed by atoms with Gasteiger partial charge in [0.1, 0.15) is 0 Å². The van der Waals surface area contributed by atoms with E-state index in [9.17, 15) is 4.79 Å². The first-order valence-electron chi connectivity index (χ1n) is 6.72. The number of amides is 1. The van der Waals surface area contributed by atoms with Gasteiger partial charge in [0.25, 0.3) is 5.91 Å². The standard InChI is InChI=1S/C15H18N2OS/c1-8-6-9(2)16-13-12(7-19-14(8)13)15(18)17-10(3)11-4-5-11/h6-7,10-11H,4-5H2,1-3H3,(H,17,18). The molecule has 100 valence electrons. The highest BCUT2D eigenvalue weighted by Crippen LogP contribution is 2.33. The molecule has 0 bridgehead atoms. The van der Waals surface area contributed by atoms with Crippen molar-refractivity contribution in [1.82, 2.24) is 10.3 Å². The third-order valence-electron chi connectivity index (χ3n) is 3.77. The van der Waals surface area contributed by atoms with Crippen molar-refractivity contribution in [2.24, 2.45) is 5.92 Å². The molecule has 3 nitrogen and oxygen atoms in total. The van der Waals surface area contributed by atoms with Crippen molar-refractivity contribution < 1.29 is 4.79 Å². The molecule has 1 N–H and O–H groups in total. The molecular weight excluding hydrogens is 256 g/mol. The Morgan fingerprint density at radius 2 is 2.21 bits per heavy atom. The van der Waals surface area contributed by atoms with E-state index in [-0.39, 0.29) is 11.9 Å². The molecule has 3 rings (SSSR count). The van der Waals surface area contributed by atoms with Crippen LogP contribution in [0.15, 0.2) is 11.4 Å². The average molecular weight is 274 g/mol. The molecule has 0 saturated heterocycles. The van der Waals surface area contributed by atoms with Gasteiger partial charge in [-0.05, 0) is 51.2 Å². The number of hydrogen-bond donors (Lipinski definition) is 1. The number of nitrogens with zero attached hydrogens (tertiary/aromatic N) is 1. The van der Waals surface area contributed by atoms with Gasteiger partial charge in [-0.1, -0.05) is 0 Å². The molecule has 1 fully saturated rings. The fourth-order valence-electron chi connectivity index (χ4n) is 2.49. The number of aromatic nitrogens is 1. The SMILES string of the molecule is Cc1cc(C)c2scc(C(=O)NC(C)C3CC3)c2n1. The maximum absolute atomic E-state index is 12.3. The largest absolute Gasteiger partial charge is 0.349 e. The van der Waals surface area contributed by atoms with Crippen molar-refractivity contribution in [3.63, 3.8) is 0 Å². The molecule has 1 aliphatic carbocycles. The van der Waals surface area contributed by atoms with E-state index in [1.165, 1.54) is 18.4 Å².